The number of thiophene rings is 1. The van der Waals surface area contributed by atoms with Gasteiger partial charge in [-0.15, -0.1) is 11.3 Å². The molecule has 0 unspecified atom stereocenters. The Balaban J connectivity index is 2.30. The number of carboxylic acid groups (broad SMARTS) is 1. The lowest BCUT2D eigenvalue weighted by Crippen LogP contribution is -2.34. The average Bonchev–Trinajstić information content (AvgIpc) is 2.88. The van der Waals surface area contributed by atoms with E-state index in [4.69, 9.17) is 4.74 Å². The minimum atomic E-state index is -0.982. The third-order valence-corrected chi connectivity index (χ3v) is 5.34. The molecule has 0 fully saturated rings. The molecule has 2 N–H and O–H groups in total. The van der Waals surface area contributed by atoms with Gasteiger partial charge in [-0.2, -0.15) is 0 Å². The van der Waals surface area contributed by atoms with Crippen LogP contribution in [0, 0.1) is 18.8 Å². The standard InChI is InChI=1S/C17H21NO5S/c1-4-10-9(2)24-15(13(10)17(22)23-3)18-14(19)11-7-5-6-8-12(11)16(20)21/h5-6,11-12H,4,7-8H2,1-3H3,(H,18,19)(H,20,21)/t11-,12+/m0/s1. The number of carbonyl (C=O) groups is 3. The van der Waals surface area contributed by atoms with Crippen LogP contribution in [-0.4, -0.2) is 30.1 Å². The summed E-state index contributed by atoms with van der Waals surface area (Å²) in [7, 11) is 1.30. The predicted molar refractivity (Wildman–Crippen MR) is 91.4 cm³/mol. The number of ether oxygens (including phenoxy) is 1. The van der Waals surface area contributed by atoms with E-state index in [2.05, 4.69) is 5.32 Å². The Morgan fingerprint density at radius 3 is 2.46 bits per heavy atom. The normalized spacial score (nSPS) is 19.8. The summed E-state index contributed by atoms with van der Waals surface area (Å²) in [6.07, 6.45) is 4.96. The molecule has 1 aliphatic carbocycles. The first-order valence-corrected chi connectivity index (χ1v) is 8.61. The van der Waals surface area contributed by atoms with Gasteiger partial charge in [-0.1, -0.05) is 19.1 Å². The molecular weight excluding hydrogens is 330 g/mol. The molecule has 130 valence electrons. The molecule has 1 aromatic rings. The largest absolute Gasteiger partial charge is 0.481 e. The first-order chi connectivity index (χ1) is 11.4. The Labute approximate surface area is 144 Å². The lowest BCUT2D eigenvalue weighted by molar-refractivity contribution is -0.146. The second-order valence-corrected chi connectivity index (χ2v) is 6.89. The fourth-order valence-corrected chi connectivity index (χ4v) is 4.13. The minimum absolute atomic E-state index is 0.334. The van der Waals surface area contributed by atoms with Crippen LogP contribution in [0.3, 0.4) is 0 Å². The highest BCUT2D eigenvalue weighted by atomic mass is 32.1. The molecule has 0 saturated carbocycles. The third kappa shape index (κ3) is 3.51. The summed E-state index contributed by atoms with van der Waals surface area (Å²) in [5.74, 6) is -3.25. The summed E-state index contributed by atoms with van der Waals surface area (Å²) >= 11 is 1.31. The maximum absolute atomic E-state index is 12.6. The first kappa shape index (κ1) is 18.2. The van der Waals surface area contributed by atoms with Crippen molar-refractivity contribution in [3.8, 4) is 0 Å². The van der Waals surface area contributed by atoms with E-state index in [0.717, 1.165) is 10.4 Å². The topological polar surface area (TPSA) is 92.7 Å². The van der Waals surface area contributed by atoms with Crippen molar-refractivity contribution in [3.63, 3.8) is 0 Å². The van der Waals surface area contributed by atoms with Gasteiger partial charge in [0.05, 0.1) is 24.5 Å². The molecular formula is C17H21NO5S. The van der Waals surface area contributed by atoms with Crippen molar-refractivity contribution in [1.29, 1.82) is 0 Å². The molecule has 1 amide bonds. The number of hydrogen-bond donors (Lipinski definition) is 2. The van der Waals surface area contributed by atoms with E-state index in [1.165, 1.54) is 18.4 Å². The van der Waals surface area contributed by atoms with Gasteiger partial charge < -0.3 is 15.2 Å². The number of hydrogen-bond acceptors (Lipinski definition) is 5. The number of esters is 1. The number of allylic oxidation sites excluding steroid dienone is 2. The van der Waals surface area contributed by atoms with Crippen LogP contribution >= 0.6 is 11.3 Å². The van der Waals surface area contributed by atoms with Gasteiger partial charge in [0.25, 0.3) is 0 Å². The van der Waals surface area contributed by atoms with Gasteiger partial charge >= 0.3 is 11.9 Å². The minimum Gasteiger partial charge on any atom is -0.481 e. The molecule has 1 aliphatic rings. The van der Waals surface area contributed by atoms with Crippen LogP contribution in [0.15, 0.2) is 12.2 Å². The summed E-state index contributed by atoms with van der Waals surface area (Å²) < 4.78 is 4.83. The number of amides is 1. The zero-order valence-corrected chi connectivity index (χ0v) is 14.7. The number of rotatable bonds is 5. The van der Waals surface area contributed by atoms with Crippen molar-refractivity contribution in [2.24, 2.45) is 11.8 Å². The Kier molecular flexibility index (Phi) is 5.77. The van der Waals surface area contributed by atoms with Gasteiger partial charge in [0.2, 0.25) is 5.91 Å². The van der Waals surface area contributed by atoms with Gasteiger partial charge in [0.15, 0.2) is 0 Å². The number of nitrogens with one attached hydrogen (secondary N) is 1. The van der Waals surface area contributed by atoms with E-state index >= 15 is 0 Å². The van der Waals surface area contributed by atoms with Crippen molar-refractivity contribution in [3.05, 3.63) is 28.2 Å². The molecule has 2 rings (SSSR count). The lowest BCUT2D eigenvalue weighted by Gasteiger charge is -2.24. The maximum atomic E-state index is 12.6. The predicted octanol–water partition coefficient (Wildman–Crippen LogP) is 3.01. The van der Waals surface area contributed by atoms with Crippen LogP contribution < -0.4 is 5.32 Å². The molecule has 0 aromatic carbocycles. The Morgan fingerprint density at radius 2 is 1.92 bits per heavy atom. The second-order valence-electron chi connectivity index (χ2n) is 5.67. The van der Waals surface area contributed by atoms with Gasteiger partial charge in [0, 0.05) is 4.88 Å². The van der Waals surface area contributed by atoms with Gasteiger partial charge in [-0.05, 0) is 31.7 Å². The van der Waals surface area contributed by atoms with Crippen molar-refractivity contribution in [2.45, 2.75) is 33.1 Å². The number of aliphatic carboxylic acids is 1. The van der Waals surface area contributed by atoms with E-state index in [0.29, 0.717) is 29.8 Å². The van der Waals surface area contributed by atoms with Crippen molar-refractivity contribution in [2.75, 3.05) is 12.4 Å². The Morgan fingerprint density at radius 1 is 1.29 bits per heavy atom. The smallest absolute Gasteiger partial charge is 0.341 e. The molecule has 6 nitrogen and oxygen atoms in total. The van der Waals surface area contributed by atoms with Crippen LogP contribution in [0.5, 0.6) is 0 Å². The summed E-state index contributed by atoms with van der Waals surface area (Å²) in [6, 6.07) is 0. The highest BCUT2D eigenvalue weighted by Crippen LogP contribution is 2.35. The number of aryl methyl sites for hydroxylation is 1. The molecule has 0 aliphatic heterocycles. The van der Waals surface area contributed by atoms with Gasteiger partial charge in [-0.25, -0.2) is 4.79 Å². The van der Waals surface area contributed by atoms with Gasteiger partial charge in [-0.3, -0.25) is 9.59 Å². The zero-order valence-electron chi connectivity index (χ0n) is 13.9. The highest BCUT2D eigenvalue weighted by Gasteiger charge is 2.35. The number of carboxylic acids is 1. The molecule has 2 atom stereocenters. The fourth-order valence-electron chi connectivity index (χ4n) is 2.99. The van der Waals surface area contributed by atoms with E-state index in [-0.39, 0.29) is 5.91 Å². The summed E-state index contributed by atoms with van der Waals surface area (Å²) in [4.78, 5) is 37.0. The highest BCUT2D eigenvalue weighted by molar-refractivity contribution is 7.16. The Hall–Kier alpha value is -2.15. The summed E-state index contributed by atoms with van der Waals surface area (Å²) in [5.41, 5.74) is 1.22. The summed E-state index contributed by atoms with van der Waals surface area (Å²) in [6.45, 7) is 3.81. The van der Waals surface area contributed by atoms with Crippen molar-refractivity contribution in [1.82, 2.24) is 0 Å². The molecule has 0 spiro atoms. The lowest BCUT2D eigenvalue weighted by atomic mass is 9.82. The van der Waals surface area contributed by atoms with E-state index in [9.17, 15) is 19.5 Å². The zero-order chi connectivity index (χ0) is 17.9. The molecule has 0 radical (unpaired) electrons. The first-order valence-electron chi connectivity index (χ1n) is 7.79. The van der Waals surface area contributed by atoms with Crippen molar-refractivity contribution >= 4 is 34.2 Å². The quantitative estimate of drug-likeness (QED) is 0.628. The van der Waals surface area contributed by atoms with E-state index < -0.39 is 23.8 Å². The second kappa shape index (κ2) is 7.61. The molecule has 24 heavy (non-hydrogen) atoms. The SMILES string of the molecule is CCc1c(C)sc(NC(=O)[C@H]2CC=CC[C@H]2C(=O)O)c1C(=O)OC. The van der Waals surface area contributed by atoms with Crippen LogP contribution in [-0.2, 0) is 20.7 Å². The molecule has 7 heteroatoms. The molecule has 1 heterocycles. The monoisotopic (exact) mass is 351 g/mol. The van der Waals surface area contributed by atoms with Crippen molar-refractivity contribution < 1.29 is 24.2 Å². The average molecular weight is 351 g/mol. The molecule has 0 saturated heterocycles. The van der Waals surface area contributed by atoms with E-state index in [1.807, 2.05) is 19.9 Å². The van der Waals surface area contributed by atoms with E-state index in [1.54, 1.807) is 6.08 Å². The fraction of sp³-hybridized carbons (Fsp3) is 0.471. The molecule has 1 aromatic heterocycles. The number of anilines is 1. The van der Waals surface area contributed by atoms with Crippen LogP contribution in [0.25, 0.3) is 0 Å². The Bertz CT molecular complexity index is 691. The number of carbonyl (C=O) groups excluding carboxylic acids is 2. The maximum Gasteiger partial charge on any atom is 0.341 e. The van der Waals surface area contributed by atoms with Gasteiger partial charge in [0.1, 0.15) is 5.00 Å². The third-order valence-electron chi connectivity index (χ3n) is 4.28. The van der Waals surface area contributed by atoms with Crippen LogP contribution in [0.1, 0.15) is 40.6 Å². The van der Waals surface area contributed by atoms with Crippen LogP contribution in [0.4, 0.5) is 5.00 Å². The van der Waals surface area contributed by atoms with Crippen LogP contribution in [0.2, 0.25) is 0 Å². The molecule has 0 bridgehead atoms. The summed E-state index contributed by atoms with van der Waals surface area (Å²) in [5, 5.41) is 12.5. The number of methoxy groups -OCH3 is 1.